The summed E-state index contributed by atoms with van der Waals surface area (Å²) in [5.41, 5.74) is 1.43. The number of hydrogen-bond acceptors (Lipinski definition) is 10. The molecular weight excluding hydrogens is 650 g/mol. The predicted molar refractivity (Wildman–Crippen MR) is 184 cm³/mol. The Hall–Kier alpha value is -6.88. The Morgan fingerprint density at radius 3 is 1.41 bits per heavy atom. The van der Waals surface area contributed by atoms with Gasteiger partial charge in [-0.25, -0.2) is 19.2 Å². The molecular formula is C40H31N3O8. The van der Waals surface area contributed by atoms with Crippen LogP contribution >= 0.6 is 0 Å². The highest BCUT2D eigenvalue weighted by molar-refractivity contribution is 5.91. The van der Waals surface area contributed by atoms with E-state index in [1.807, 2.05) is 6.07 Å². The molecule has 3 unspecified atom stereocenters. The van der Waals surface area contributed by atoms with Gasteiger partial charge in [0.15, 0.2) is 18.3 Å². The van der Waals surface area contributed by atoms with E-state index in [2.05, 4.69) is 10.2 Å². The minimum absolute atomic E-state index is 0.0594. The Morgan fingerprint density at radius 2 is 0.922 bits per heavy atom. The van der Waals surface area contributed by atoms with Gasteiger partial charge in [0.1, 0.15) is 12.3 Å². The molecule has 1 aromatic heterocycles. The van der Waals surface area contributed by atoms with Crippen molar-refractivity contribution in [2.75, 3.05) is 6.61 Å². The highest BCUT2D eigenvalue weighted by Gasteiger charge is 2.42. The average Bonchev–Trinajstić information content (AvgIpc) is 3.69. The molecule has 254 valence electrons. The van der Waals surface area contributed by atoms with Crippen molar-refractivity contribution in [2.24, 2.45) is 0 Å². The fourth-order valence-electron chi connectivity index (χ4n) is 5.03. The molecule has 6 aromatic rings. The van der Waals surface area contributed by atoms with Crippen molar-refractivity contribution < 1.29 is 38.1 Å². The summed E-state index contributed by atoms with van der Waals surface area (Å²) in [5.74, 6) is -3.15. The SMILES string of the molecule is O=C(OCC(OC(=O)c1ccccc1)C(OC(=O)c1ccccc1)C(OC(=O)c1ccccc1)c1cnn(-c2ccccc2)n1)c1ccccc1. The second-order valence-electron chi connectivity index (χ2n) is 11.1. The first-order chi connectivity index (χ1) is 25.0. The van der Waals surface area contributed by atoms with Crippen LogP contribution in [0.3, 0.4) is 0 Å². The number of nitrogens with zero attached hydrogens (tertiary/aromatic N) is 3. The second kappa shape index (κ2) is 16.5. The van der Waals surface area contributed by atoms with E-state index in [-0.39, 0.29) is 27.9 Å². The number of benzene rings is 5. The summed E-state index contributed by atoms with van der Waals surface area (Å²) in [6.45, 7) is -0.592. The number of hydrogen-bond donors (Lipinski definition) is 0. The second-order valence-corrected chi connectivity index (χ2v) is 11.1. The summed E-state index contributed by atoms with van der Waals surface area (Å²) in [4.78, 5) is 55.5. The summed E-state index contributed by atoms with van der Waals surface area (Å²) in [7, 11) is 0. The van der Waals surface area contributed by atoms with E-state index in [9.17, 15) is 19.2 Å². The normalized spacial score (nSPS) is 12.5. The Kier molecular flexibility index (Phi) is 11.0. The molecule has 6 rings (SSSR count). The van der Waals surface area contributed by atoms with E-state index in [0.717, 1.165) is 0 Å². The number of aromatic nitrogens is 3. The minimum Gasteiger partial charge on any atom is -0.458 e. The summed E-state index contributed by atoms with van der Waals surface area (Å²) in [6.07, 6.45) is -3.30. The molecule has 0 spiro atoms. The molecule has 0 bridgehead atoms. The van der Waals surface area contributed by atoms with Crippen LogP contribution in [-0.2, 0) is 18.9 Å². The third-order valence-electron chi connectivity index (χ3n) is 7.61. The third kappa shape index (κ3) is 8.78. The lowest BCUT2D eigenvalue weighted by atomic mass is 10.0. The van der Waals surface area contributed by atoms with Gasteiger partial charge < -0.3 is 18.9 Å². The summed E-state index contributed by atoms with van der Waals surface area (Å²) in [5, 5.41) is 8.95. The number of rotatable bonds is 13. The van der Waals surface area contributed by atoms with Crippen LogP contribution in [0.2, 0.25) is 0 Å². The molecule has 0 aliphatic rings. The van der Waals surface area contributed by atoms with Crippen LogP contribution in [-0.4, -0.2) is 57.7 Å². The first-order valence-electron chi connectivity index (χ1n) is 15.9. The van der Waals surface area contributed by atoms with E-state index in [1.165, 1.54) is 23.1 Å². The number of carbonyl (C=O) groups excluding carboxylic acids is 4. The third-order valence-corrected chi connectivity index (χ3v) is 7.61. The van der Waals surface area contributed by atoms with E-state index in [0.29, 0.717) is 5.69 Å². The molecule has 1 heterocycles. The van der Waals surface area contributed by atoms with Gasteiger partial charge in [0.2, 0.25) is 0 Å². The molecule has 11 heteroatoms. The molecule has 0 aliphatic heterocycles. The zero-order chi connectivity index (χ0) is 35.4. The molecule has 51 heavy (non-hydrogen) atoms. The zero-order valence-corrected chi connectivity index (χ0v) is 27.1. The zero-order valence-electron chi connectivity index (χ0n) is 27.1. The molecule has 0 aliphatic carbocycles. The number of esters is 4. The van der Waals surface area contributed by atoms with Gasteiger partial charge in [-0.15, -0.1) is 5.10 Å². The highest BCUT2D eigenvalue weighted by atomic mass is 16.6. The Bertz CT molecular complexity index is 2060. The van der Waals surface area contributed by atoms with Crippen LogP contribution < -0.4 is 0 Å². The van der Waals surface area contributed by atoms with Crippen LogP contribution in [0, 0.1) is 0 Å². The Balaban J connectivity index is 1.44. The smallest absolute Gasteiger partial charge is 0.338 e. The first-order valence-corrected chi connectivity index (χ1v) is 15.9. The number of para-hydroxylation sites is 1. The van der Waals surface area contributed by atoms with Gasteiger partial charge in [-0.3, -0.25) is 0 Å². The van der Waals surface area contributed by atoms with Crippen molar-refractivity contribution >= 4 is 23.9 Å². The summed E-state index contributed by atoms with van der Waals surface area (Å²) >= 11 is 0. The van der Waals surface area contributed by atoms with Gasteiger partial charge in [-0.05, 0) is 60.7 Å². The molecule has 0 amide bonds. The molecule has 0 radical (unpaired) electrons. The predicted octanol–water partition coefficient (Wildman–Crippen LogP) is 6.47. The number of carbonyl (C=O) groups is 4. The summed E-state index contributed by atoms with van der Waals surface area (Å²) in [6, 6.07) is 41.6. The Labute approximate surface area is 293 Å². The standard InChI is InChI=1S/C40H31N3O8/c44-37(28-16-6-1-7-17-28)48-27-34(49-38(45)29-18-8-2-9-19-29)36(51-40(47)31-22-12-4-13-23-31)35(50-39(46)30-20-10-3-11-21-30)33-26-41-43(42-33)32-24-14-5-15-25-32/h1-26,34-36H,27H2. The van der Waals surface area contributed by atoms with Crippen molar-refractivity contribution in [1.82, 2.24) is 15.0 Å². The quantitative estimate of drug-likeness (QED) is 0.0985. The minimum atomic E-state index is -1.61. The van der Waals surface area contributed by atoms with Crippen LogP contribution in [0.25, 0.3) is 5.69 Å². The molecule has 5 aromatic carbocycles. The van der Waals surface area contributed by atoms with Crippen molar-refractivity contribution in [3.8, 4) is 5.69 Å². The molecule has 0 N–H and O–H groups in total. The molecule has 0 saturated heterocycles. The van der Waals surface area contributed by atoms with Gasteiger partial charge in [-0.2, -0.15) is 9.90 Å². The van der Waals surface area contributed by atoms with Crippen LogP contribution in [0.4, 0.5) is 0 Å². The highest BCUT2D eigenvalue weighted by Crippen LogP contribution is 2.30. The largest absolute Gasteiger partial charge is 0.458 e. The fraction of sp³-hybridized carbons (Fsp3) is 0.100. The lowest BCUT2D eigenvalue weighted by Crippen LogP contribution is -2.44. The maximum Gasteiger partial charge on any atom is 0.338 e. The fourth-order valence-corrected chi connectivity index (χ4v) is 5.03. The topological polar surface area (TPSA) is 136 Å². The van der Waals surface area contributed by atoms with Crippen LogP contribution in [0.15, 0.2) is 158 Å². The maximum atomic E-state index is 13.7. The lowest BCUT2D eigenvalue weighted by molar-refractivity contribution is -0.104. The molecule has 0 saturated carbocycles. The van der Waals surface area contributed by atoms with Crippen molar-refractivity contribution in [3.05, 3.63) is 186 Å². The van der Waals surface area contributed by atoms with Crippen molar-refractivity contribution in [1.29, 1.82) is 0 Å². The van der Waals surface area contributed by atoms with Crippen LogP contribution in [0.1, 0.15) is 53.2 Å². The van der Waals surface area contributed by atoms with Gasteiger partial charge >= 0.3 is 23.9 Å². The van der Waals surface area contributed by atoms with E-state index in [4.69, 9.17) is 18.9 Å². The van der Waals surface area contributed by atoms with Crippen molar-refractivity contribution in [2.45, 2.75) is 18.3 Å². The van der Waals surface area contributed by atoms with Crippen molar-refractivity contribution in [3.63, 3.8) is 0 Å². The number of ether oxygens (including phenoxy) is 4. The lowest BCUT2D eigenvalue weighted by Gasteiger charge is -2.31. The molecule has 3 atom stereocenters. The molecule has 11 nitrogen and oxygen atoms in total. The van der Waals surface area contributed by atoms with Crippen LogP contribution in [0.5, 0.6) is 0 Å². The first kappa shape index (κ1) is 34.0. The average molecular weight is 682 g/mol. The van der Waals surface area contributed by atoms with E-state index >= 15 is 0 Å². The van der Waals surface area contributed by atoms with Gasteiger partial charge in [-0.1, -0.05) is 91.0 Å². The van der Waals surface area contributed by atoms with Gasteiger partial charge in [0.25, 0.3) is 0 Å². The molecule has 0 fully saturated rings. The van der Waals surface area contributed by atoms with Gasteiger partial charge in [0.05, 0.1) is 34.1 Å². The van der Waals surface area contributed by atoms with Gasteiger partial charge in [0, 0.05) is 0 Å². The monoisotopic (exact) mass is 681 g/mol. The summed E-state index contributed by atoms with van der Waals surface area (Å²) < 4.78 is 23.8. The Morgan fingerprint density at radius 1 is 0.510 bits per heavy atom. The maximum absolute atomic E-state index is 13.7. The van der Waals surface area contributed by atoms with E-state index < -0.39 is 48.8 Å². The van der Waals surface area contributed by atoms with E-state index in [1.54, 1.807) is 133 Å².